The van der Waals surface area contributed by atoms with Crippen molar-refractivity contribution < 1.29 is 23.7 Å². The van der Waals surface area contributed by atoms with Crippen LogP contribution in [0.3, 0.4) is 0 Å². The van der Waals surface area contributed by atoms with E-state index in [9.17, 15) is 4.79 Å². The lowest BCUT2D eigenvalue weighted by atomic mass is 10.1. The molecule has 0 aliphatic heterocycles. The van der Waals surface area contributed by atoms with Gasteiger partial charge in [0, 0.05) is 6.08 Å². The third kappa shape index (κ3) is 5.41. The van der Waals surface area contributed by atoms with Crippen molar-refractivity contribution in [2.45, 2.75) is 13.3 Å². The number of carbonyl (C=O) groups is 1. The molecule has 0 saturated carbocycles. The molecule has 0 fully saturated rings. The summed E-state index contributed by atoms with van der Waals surface area (Å²) < 4.78 is 21.6. The molecule has 0 aliphatic carbocycles. The fraction of sp³-hybridized carbons (Fsp3) is 0.286. The van der Waals surface area contributed by atoms with Crippen molar-refractivity contribution in [3.05, 3.63) is 48.0 Å². The maximum absolute atomic E-state index is 12.3. The summed E-state index contributed by atoms with van der Waals surface area (Å²) in [5.41, 5.74) is 1.38. The Bertz CT molecular complexity index is 776. The van der Waals surface area contributed by atoms with Crippen molar-refractivity contribution in [2.75, 3.05) is 33.3 Å². The van der Waals surface area contributed by atoms with Gasteiger partial charge in [-0.05, 0) is 42.3 Å². The molecule has 0 spiro atoms. The Morgan fingerprint density at radius 2 is 1.67 bits per heavy atom. The Morgan fingerprint density at radius 3 is 2.26 bits per heavy atom. The van der Waals surface area contributed by atoms with Gasteiger partial charge in [-0.15, -0.1) is 0 Å². The number of methoxy groups -OCH3 is 3. The summed E-state index contributed by atoms with van der Waals surface area (Å²) in [4.78, 5) is 12.3. The molecule has 0 bridgehead atoms. The van der Waals surface area contributed by atoms with Gasteiger partial charge in [-0.2, -0.15) is 0 Å². The molecule has 0 heterocycles. The molecule has 2 rings (SSSR count). The Morgan fingerprint density at radius 1 is 1.00 bits per heavy atom. The van der Waals surface area contributed by atoms with E-state index in [1.807, 2.05) is 25.1 Å². The number of nitrogens with one attached hydrogen (secondary N) is 1. The Balaban J connectivity index is 2.15. The highest BCUT2D eigenvalue weighted by molar-refractivity contribution is 6.02. The van der Waals surface area contributed by atoms with Gasteiger partial charge in [-0.1, -0.05) is 19.1 Å². The van der Waals surface area contributed by atoms with Crippen molar-refractivity contribution in [1.82, 2.24) is 0 Å². The SMILES string of the molecule is CCCOc1ccccc1NC(=O)/C=C/c1cc(OC)c(OC)c(OC)c1. The number of para-hydroxylation sites is 2. The van der Waals surface area contributed by atoms with Crippen molar-refractivity contribution >= 4 is 17.7 Å². The topological polar surface area (TPSA) is 66.0 Å². The summed E-state index contributed by atoms with van der Waals surface area (Å²) in [5, 5.41) is 2.83. The van der Waals surface area contributed by atoms with Crippen LogP contribution in [0, 0.1) is 0 Å². The maximum Gasteiger partial charge on any atom is 0.248 e. The molecule has 2 aromatic rings. The molecule has 0 atom stereocenters. The van der Waals surface area contributed by atoms with Gasteiger partial charge in [-0.3, -0.25) is 4.79 Å². The molecule has 6 heteroatoms. The van der Waals surface area contributed by atoms with E-state index in [0.29, 0.717) is 35.3 Å². The van der Waals surface area contributed by atoms with Crippen molar-refractivity contribution in [1.29, 1.82) is 0 Å². The molecule has 1 amide bonds. The predicted molar refractivity (Wildman–Crippen MR) is 106 cm³/mol. The minimum atomic E-state index is -0.267. The molecule has 0 aromatic heterocycles. The number of benzene rings is 2. The summed E-state index contributed by atoms with van der Waals surface area (Å²) in [6.45, 7) is 2.62. The standard InChI is InChI=1S/C21H25NO5/c1-5-12-27-17-9-7-6-8-16(17)22-20(23)11-10-15-13-18(24-2)21(26-4)19(14-15)25-3/h6-11,13-14H,5,12H2,1-4H3,(H,22,23)/b11-10+. The minimum absolute atomic E-state index is 0.267. The lowest BCUT2D eigenvalue weighted by molar-refractivity contribution is -0.111. The third-order valence-electron chi connectivity index (χ3n) is 3.72. The smallest absolute Gasteiger partial charge is 0.248 e. The van der Waals surface area contributed by atoms with Crippen LogP contribution >= 0.6 is 0 Å². The van der Waals surface area contributed by atoms with Crippen LogP contribution in [0.2, 0.25) is 0 Å². The average Bonchev–Trinajstić information content (AvgIpc) is 2.70. The zero-order valence-corrected chi connectivity index (χ0v) is 16.1. The molecule has 1 N–H and O–H groups in total. The van der Waals surface area contributed by atoms with E-state index < -0.39 is 0 Å². The number of ether oxygens (including phenoxy) is 4. The minimum Gasteiger partial charge on any atom is -0.493 e. The highest BCUT2D eigenvalue weighted by Crippen LogP contribution is 2.38. The summed E-state index contributed by atoms with van der Waals surface area (Å²) in [6.07, 6.45) is 4.01. The summed E-state index contributed by atoms with van der Waals surface area (Å²) >= 11 is 0. The van der Waals surface area contributed by atoms with Gasteiger partial charge < -0.3 is 24.3 Å². The molecule has 2 aromatic carbocycles. The molecule has 0 radical (unpaired) electrons. The van der Waals surface area contributed by atoms with Crippen molar-refractivity contribution in [2.24, 2.45) is 0 Å². The molecule has 0 saturated heterocycles. The van der Waals surface area contributed by atoms with E-state index in [1.54, 1.807) is 45.6 Å². The van der Waals surface area contributed by atoms with Crippen molar-refractivity contribution in [3.63, 3.8) is 0 Å². The van der Waals surface area contributed by atoms with Gasteiger partial charge in [0.15, 0.2) is 11.5 Å². The zero-order chi connectivity index (χ0) is 19.6. The Hall–Kier alpha value is -3.15. The van der Waals surface area contributed by atoms with Crippen LogP contribution in [0.25, 0.3) is 6.08 Å². The number of hydrogen-bond acceptors (Lipinski definition) is 5. The summed E-state index contributed by atoms with van der Waals surface area (Å²) in [6, 6.07) is 10.9. The van der Waals surface area contributed by atoms with Crippen LogP contribution < -0.4 is 24.3 Å². The van der Waals surface area contributed by atoms with Crippen LogP contribution in [0.1, 0.15) is 18.9 Å². The van der Waals surface area contributed by atoms with Gasteiger partial charge in [0.25, 0.3) is 0 Å². The summed E-state index contributed by atoms with van der Waals surface area (Å²) in [7, 11) is 4.64. The van der Waals surface area contributed by atoms with Crippen LogP contribution in [-0.2, 0) is 4.79 Å². The zero-order valence-electron chi connectivity index (χ0n) is 16.1. The predicted octanol–water partition coefficient (Wildman–Crippen LogP) is 4.15. The van der Waals surface area contributed by atoms with Gasteiger partial charge in [-0.25, -0.2) is 0 Å². The first-order valence-corrected chi connectivity index (χ1v) is 8.63. The maximum atomic E-state index is 12.3. The quantitative estimate of drug-likeness (QED) is 0.671. The number of carbonyl (C=O) groups excluding carboxylic acids is 1. The first-order valence-electron chi connectivity index (χ1n) is 8.63. The van der Waals surface area contributed by atoms with E-state index in [0.717, 1.165) is 12.0 Å². The highest BCUT2D eigenvalue weighted by atomic mass is 16.5. The second-order valence-corrected chi connectivity index (χ2v) is 5.63. The van der Waals surface area contributed by atoms with E-state index in [2.05, 4.69) is 5.32 Å². The Labute approximate surface area is 159 Å². The van der Waals surface area contributed by atoms with Gasteiger partial charge in [0.2, 0.25) is 11.7 Å². The third-order valence-corrected chi connectivity index (χ3v) is 3.72. The second kappa shape index (κ2) is 10.1. The highest BCUT2D eigenvalue weighted by Gasteiger charge is 2.12. The van der Waals surface area contributed by atoms with E-state index in [1.165, 1.54) is 6.08 Å². The summed E-state index contributed by atoms with van der Waals surface area (Å²) in [5.74, 6) is 1.93. The molecular weight excluding hydrogens is 346 g/mol. The van der Waals surface area contributed by atoms with Crippen LogP contribution in [0.4, 0.5) is 5.69 Å². The van der Waals surface area contributed by atoms with Gasteiger partial charge in [0.1, 0.15) is 5.75 Å². The molecular formula is C21H25NO5. The van der Waals surface area contributed by atoms with Crippen molar-refractivity contribution in [3.8, 4) is 23.0 Å². The largest absolute Gasteiger partial charge is 0.493 e. The first-order chi connectivity index (χ1) is 13.1. The van der Waals surface area contributed by atoms with Crippen LogP contribution in [-0.4, -0.2) is 33.8 Å². The number of hydrogen-bond donors (Lipinski definition) is 1. The first kappa shape index (κ1) is 20.2. The normalized spacial score (nSPS) is 10.5. The number of anilines is 1. The fourth-order valence-corrected chi connectivity index (χ4v) is 2.45. The second-order valence-electron chi connectivity index (χ2n) is 5.63. The fourth-order valence-electron chi connectivity index (χ4n) is 2.45. The van der Waals surface area contributed by atoms with Crippen LogP contribution in [0.5, 0.6) is 23.0 Å². The van der Waals surface area contributed by atoms with E-state index in [-0.39, 0.29) is 5.91 Å². The molecule has 27 heavy (non-hydrogen) atoms. The molecule has 144 valence electrons. The molecule has 0 unspecified atom stereocenters. The van der Waals surface area contributed by atoms with E-state index in [4.69, 9.17) is 18.9 Å². The molecule has 6 nitrogen and oxygen atoms in total. The lowest BCUT2D eigenvalue weighted by Crippen LogP contribution is -2.09. The monoisotopic (exact) mass is 371 g/mol. The van der Waals surface area contributed by atoms with E-state index >= 15 is 0 Å². The Kier molecular flexibility index (Phi) is 7.55. The number of amides is 1. The van der Waals surface area contributed by atoms with Gasteiger partial charge in [0.05, 0.1) is 33.6 Å². The average molecular weight is 371 g/mol. The molecule has 0 aliphatic rings. The van der Waals surface area contributed by atoms with Gasteiger partial charge >= 0.3 is 0 Å². The van der Waals surface area contributed by atoms with Crippen LogP contribution in [0.15, 0.2) is 42.5 Å². The lowest BCUT2D eigenvalue weighted by Gasteiger charge is -2.13. The number of rotatable bonds is 9.